The number of carbonyl (C=O) groups excluding carboxylic acids is 2. The Morgan fingerprint density at radius 1 is 0.710 bits per heavy atom. The Hall–Kier alpha value is -3.64. The van der Waals surface area contributed by atoms with Gasteiger partial charge in [0, 0.05) is 65.0 Å². The molecular weight excluding hydrogens is 390 g/mol. The number of nitrogens with zero attached hydrogens (tertiary/aromatic N) is 2. The molecule has 154 valence electrons. The zero-order valence-corrected chi connectivity index (χ0v) is 16.9. The van der Waals surface area contributed by atoms with Gasteiger partial charge in [0.25, 0.3) is 11.8 Å². The summed E-state index contributed by atoms with van der Waals surface area (Å²) in [4.78, 5) is 26.1. The van der Waals surface area contributed by atoms with Gasteiger partial charge in [0.1, 0.15) is 0 Å². The maximum Gasteiger partial charge on any atom is 0.259 e. The Labute approximate surface area is 178 Å². The van der Waals surface area contributed by atoms with Crippen molar-refractivity contribution in [1.29, 1.82) is 0 Å². The summed E-state index contributed by atoms with van der Waals surface area (Å²) in [5.74, 6) is -0.682. The van der Waals surface area contributed by atoms with Crippen molar-refractivity contribution in [3.8, 4) is 0 Å². The molecule has 0 unspecified atom stereocenters. The lowest BCUT2D eigenvalue weighted by atomic mass is 9.95. The van der Waals surface area contributed by atoms with Crippen LogP contribution in [-0.2, 0) is 27.4 Å². The third-order valence-corrected chi connectivity index (χ3v) is 6.21. The fraction of sp³-hybridized carbons (Fsp3) is 0.200. The monoisotopic (exact) mass is 411 g/mol. The van der Waals surface area contributed by atoms with Crippen molar-refractivity contribution in [2.24, 2.45) is 0 Å². The van der Waals surface area contributed by atoms with Crippen LogP contribution in [-0.4, -0.2) is 34.2 Å². The zero-order valence-electron chi connectivity index (χ0n) is 16.9. The summed E-state index contributed by atoms with van der Waals surface area (Å²) in [6.07, 6.45) is 4.85. The largest absolute Gasteiger partial charge is 0.380 e. The van der Waals surface area contributed by atoms with Crippen molar-refractivity contribution in [3.63, 3.8) is 0 Å². The molecule has 2 aliphatic heterocycles. The molecule has 4 bridgehead atoms. The molecule has 6 rings (SSSR count). The molecule has 31 heavy (non-hydrogen) atoms. The standard InChI is InChI=1S/C25H21N3O3/c29-24-22-18-14-27(20-8-3-1-6-16(18)20)10-5-12-31-13-11-28-15-19(23(22)25(30)26-24)17-7-2-4-9-21(17)28/h1-4,6-9,14-15H,5,10-13H2,(H,26,29,30). The van der Waals surface area contributed by atoms with Gasteiger partial charge >= 0.3 is 0 Å². The first-order valence-electron chi connectivity index (χ1n) is 10.6. The zero-order chi connectivity index (χ0) is 20.9. The lowest BCUT2D eigenvalue weighted by molar-refractivity contribution is -0.122. The number of hydrogen-bond acceptors (Lipinski definition) is 3. The number of aryl methyl sites for hydroxylation is 1. The predicted molar refractivity (Wildman–Crippen MR) is 119 cm³/mol. The molecule has 0 spiro atoms. The van der Waals surface area contributed by atoms with Crippen LogP contribution in [0.5, 0.6) is 0 Å². The lowest BCUT2D eigenvalue weighted by Gasteiger charge is -2.08. The minimum Gasteiger partial charge on any atom is -0.380 e. The van der Waals surface area contributed by atoms with Crippen molar-refractivity contribution < 1.29 is 14.3 Å². The third kappa shape index (κ3) is 2.75. The molecule has 2 aromatic heterocycles. The Kier molecular flexibility index (Phi) is 4.07. The second-order valence-electron chi connectivity index (χ2n) is 8.01. The molecule has 0 aliphatic carbocycles. The Morgan fingerprint density at radius 2 is 1.26 bits per heavy atom. The van der Waals surface area contributed by atoms with Crippen LogP contribution in [0.4, 0.5) is 0 Å². The van der Waals surface area contributed by atoms with E-state index in [-0.39, 0.29) is 11.8 Å². The number of imide groups is 1. The van der Waals surface area contributed by atoms with E-state index in [4.69, 9.17) is 4.74 Å². The summed E-state index contributed by atoms with van der Waals surface area (Å²) in [5, 5.41) is 4.47. The molecule has 1 N–H and O–H groups in total. The number of hydrogen-bond donors (Lipinski definition) is 1. The Balaban J connectivity index is 1.71. The average molecular weight is 411 g/mol. The summed E-state index contributed by atoms with van der Waals surface area (Å²) in [5.41, 5.74) is 4.55. The van der Waals surface area contributed by atoms with E-state index in [1.165, 1.54) is 0 Å². The normalized spacial score (nSPS) is 17.2. The van der Waals surface area contributed by atoms with Gasteiger partial charge in [0.05, 0.1) is 17.8 Å². The van der Waals surface area contributed by atoms with Crippen LogP contribution in [0.25, 0.3) is 33.0 Å². The number of aromatic nitrogens is 2. The second kappa shape index (κ2) is 6.96. The van der Waals surface area contributed by atoms with Crippen LogP contribution < -0.4 is 5.32 Å². The van der Waals surface area contributed by atoms with Gasteiger partial charge in [0.2, 0.25) is 0 Å². The molecule has 4 heterocycles. The van der Waals surface area contributed by atoms with Gasteiger partial charge in [-0.1, -0.05) is 36.4 Å². The first kappa shape index (κ1) is 18.2. The molecule has 0 atom stereocenters. The van der Waals surface area contributed by atoms with Gasteiger partial charge in [-0.3, -0.25) is 14.9 Å². The minimum absolute atomic E-state index is 0.338. The number of rotatable bonds is 0. The molecule has 0 saturated carbocycles. The van der Waals surface area contributed by atoms with Crippen LogP contribution in [0.1, 0.15) is 17.5 Å². The van der Waals surface area contributed by atoms with Gasteiger partial charge in [-0.2, -0.15) is 0 Å². The van der Waals surface area contributed by atoms with Crippen molar-refractivity contribution >= 4 is 44.8 Å². The number of benzene rings is 2. The minimum atomic E-state index is -0.344. The van der Waals surface area contributed by atoms with E-state index in [2.05, 4.69) is 20.5 Å². The summed E-state index contributed by atoms with van der Waals surface area (Å²) in [7, 11) is 0. The highest BCUT2D eigenvalue weighted by Gasteiger charge is 2.35. The van der Waals surface area contributed by atoms with E-state index in [1.807, 2.05) is 54.9 Å². The maximum absolute atomic E-state index is 13.0. The Morgan fingerprint density at radius 3 is 1.87 bits per heavy atom. The molecular formula is C25H21N3O3. The topological polar surface area (TPSA) is 65.3 Å². The second-order valence-corrected chi connectivity index (χ2v) is 8.01. The SMILES string of the molecule is O=C1NC(=O)C2=C1c1cn(c3ccccc13)CCCOCCn1cc2c2ccccc21. The summed E-state index contributed by atoms with van der Waals surface area (Å²) >= 11 is 0. The molecule has 6 nitrogen and oxygen atoms in total. The van der Waals surface area contributed by atoms with Gasteiger partial charge in [-0.25, -0.2) is 0 Å². The number of carbonyl (C=O) groups is 2. The number of ether oxygens (including phenoxy) is 1. The first-order chi connectivity index (χ1) is 15.2. The fourth-order valence-corrected chi connectivity index (χ4v) is 4.83. The highest BCUT2D eigenvalue weighted by atomic mass is 16.5. The molecule has 4 aromatic rings. The van der Waals surface area contributed by atoms with Crippen molar-refractivity contribution in [1.82, 2.24) is 14.5 Å². The van der Waals surface area contributed by atoms with E-state index in [0.717, 1.165) is 45.9 Å². The summed E-state index contributed by atoms with van der Waals surface area (Å²) in [6, 6.07) is 16.0. The Bertz CT molecular complexity index is 1300. The summed E-state index contributed by atoms with van der Waals surface area (Å²) in [6.45, 7) is 2.73. The first-order valence-corrected chi connectivity index (χ1v) is 10.6. The highest BCUT2D eigenvalue weighted by molar-refractivity contribution is 6.50. The van der Waals surface area contributed by atoms with E-state index in [9.17, 15) is 9.59 Å². The fourth-order valence-electron chi connectivity index (χ4n) is 4.83. The molecule has 2 aliphatic rings. The number of para-hydroxylation sites is 2. The van der Waals surface area contributed by atoms with E-state index in [0.29, 0.717) is 30.9 Å². The molecule has 0 radical (unpaired) electrons. The lowest BCUT2D eigenvalue weighted by Crippen LogP contribution is -2.22. The predicted octanol–water partition coefficient (Wildman–Crippen LogP) is 3.58. The van der Waals surface area contributed by atoms with Gasteiger partial charge in [-0.15, -0.1) is 0 Å². The van der Waals surface area contributed by atoms with E-state index in [1.54, 1.807) is 0 Å². The van der Waals surface area contributed by atoms with Crippen LogP contribution >= 0.6 is 0 Å². The van der Waals surface area contributed by atoms with Crippen molar-refractivity contribution in [3.05, 3.63) is 72.1 Å². The number of fused-ring (bicyclic) bond motifs is 12. The number of nitrogens with one attached hydrogen (secondary N) is 1. The number of amides is 2. The van der Waals surface area contributed by atoms with Crippen LogP contribution in [0.15, 0.2) is 60.9 Å². The molecule has 6 heteroatoms. The summed E-state index contributed by atoms with van der Waals surface area (Å²) < 4.78 is 10.2. The molecule has 0 fully saturated rings. The van der Waals surface area contributed by atoms with Gasteiger partial charge in [0.15, 0.2) is 0 Å². The smallest absolute Gasteiger partial charge is 0.259 e. The quantitative estimate of drug-likeness (QED) is 0.450. The van der Waals surface area contributed by atoms with Gasteiger partial charge in [-0.05, 0) is 18.6 Å². The van der Waals surface area contributed by atoms with Crippen molar-refractivity contribution in [2.45, 2.75) is 19.5 Å². The highest BCUT2D eigenvalue weighted by Crippen LogP contribution is 2.39. The van der Waals surface area contributed by atoms with Crippen molar-refractivity contribution in [2.75, 3.05) is 13.2 Å². The molecule has 2 amide bonds. The van der Waals surface area contributed by atoms with E-state index < -0.39 is 0 Å². The van der Waals surface area contributed by atoms with Gasteiger partial charge < -0.3 is 13.9 Å². The molecule has 2 aromatic carbocycles. The maximum atomic E-state index is 13.0. The van der Waals surface area contributed by atoms with Crippen LogP contribution in [0.2, 0.25) is 0 Å². The average Bonchev–Trinajstić information content (AvgIpc) is 3.41. The third-order valence-electron chi connectivity index (χ3n) is 6.21. The van der Waals surface area contributed by atoms with E-state index >= 15 is 0 Å². The molecule has 0 saturated heterocycles. The van der Waals surface area contributed by atoms with Crippen LogP contribution in [0, 0.1) is 0 Å². The van der Waals surface area contributed by atoms with Crippen LogP contribution in [0.3, 0.4) is 0 Å².